The SMILES string of the molecule is O=C(Nc1cc(Oc2ccc([N+](=O)[O-])cc2F)ncn1)Oc1ccccc1. The Labute approximate surface area is 151 Å². The van der Waals surface area contributed by atoms with Crippen molar-refractivity contribution in [2.75, 3.05) is 5.32 Å². The fraction of sp³-hybridized carbons (Fsp3) is 0. The predicted octanol–water partition coefficient (Wildman–Crippen LogP) is 3.93. The van der Waals surface area contributed by atoms with Gasteiger partial charge in [-0.05, 0) is 18.2 Å². The number of nitrogens with zero attached hydrogens (tertiary/aromatic N) is 3. The third kappa shape index (κ3) is 4.72. The van der Waals surface area contributed by atoms with Gasteiger partial charge < -0.3 is 9.47 Å². The summed E-state index contributed by atoms with van der Waals surface area (Å²) in [6.45, 7) is 0. The molecule has 0 bridgehead atoms. The smallest absolute Gasteiger partial charge is 0.418 e. The van der Waals surface area contributed by atoms with Crippen molar-refractivity contribution in [1.29, 1.82) is 0 Å². The molecule has 0 aliphatic carbocycles. The fourth-order valence-corrected chi connectivity index (χ4v) is 1.99. The number of ether oxygens (including phenoxy) is 2. The zero-order valence-corrected chi connectivity index (χ0v) is 13.5. The van der Waals surface area contributed by atoms with E-state index in [9.17, 15) is 19.3 Å². The van der Waals surface area contributed by atoms with Gasteiger partial charge in [-0.3, -0.25) is 15.4 Å². The second kappa shape index (κ2) is 7.87. The zero-order chi connectivity index (χ0) is 19.2. The number of halogens is 1. The molecule has 0 radical (unpaired) electrons. The number of benzene rings is 2. The van der Waals surface area contributed by atoms with Crippen LogP contribution in [0.15, 0.2) is 60.9 Å². The van der Waals surface area contributed by atoms with Crippen LogP contribution in [0.1, 0.15) is 0 Å². The van der Waals surface area contributed by atoms with Crippen molar-refractivity contribution >= 4 is 17.6 Å². The van der Waals surface area contributed by atoms with Crippen LogP contribution in [0.3, 0.4) is 0 Å². The largest absolute Gasteiger partial charge is 0.436 e. The Balaban J connectivity index is 1.68. The summed E-state index contributed by atoms with van der Waals surface area (Å²) in [5.41, 5.74) is -0.409. The summed E-state index contributed by atoms with van der Waals surface area (Å²) in [7, 11) is 0. The number of non-ortho nitro benzene ring substituents is 1. The third-order valence-corrected chi connectivity index (χ3v) is 3.17. The predicted molar refractivity (Wildman–Crippen MR) is 91.2 cm³/mol. The highest BCUT2D eigenvalue weighted by Gasteiger charge is 2.13. The van der Waals surface area contributed by atoms with Gasteiger partial charge in [0.2, 0.25) is 5.88 Å². The normalized spacial score (nSPS) is 10.1. The third-order valence-electron chi connectivity index (χ3n) is 3.17. The lowest BCUT2D eigenvalue weighted by Crippen LogP contribution is -2.17. The van der Waals surface area contributed by atoms with Gasteiger partial charge >= 0.3 is 6.09 Å². The number of hydrogen-bond acceptors (Lipinski definition) is 7. The maximum atomic E-state index is 13.9. The number of nitro benzene ring substituents is 1. The summed E-state index contributed by atoms with van der Waals surface area (Å²) in [6, 6.07) is 12.6. The van der Waals surface area contributed by atoms with Crippen LogP contribution in [-0.2, 0) is 0 Å². The number of nitro groups is 1. The van der Waals surface area contributed by atoms with Crippen LogP contribution < -0.4 is 14.8 Å². The van der Waals surface area contributed by atoms with Gasteiger partial charge in [0, 0.05) is 12.1 Å². The molecule has 0 atom stereocenters. The number of nitrogens with one attached hydrogen (secondary N) is 1. The van der Waals surface area contributed by atoms with Gasteiger partial charge in [-0.1, -0.05) is 18.2 Å². The van der Waals surface area contributed by atoms with Crippen molar-refractivity contribution in [1.82, 2.24) is 9.97 Å². The molecule has 9 nitrogen and oxygen atoms in total. The number of carbonyl (C=O) groups is 1. The van der Waals surface area contributed by atoms with E-state index in [2.05, 4.69) is 15.3 Å². The van der Waals surface area contributed by atoms with E-state index in [1.165, 1.54) is 6.07 Å². The molecule has 1 aromatic heterocycles. The minimum absolute atomic E-state index is 0.0586. The fourth-order valence-electron chi connectivity index (χ4n) is 1.99. The van der Waals surface area contributed by atoms with E-state index in [1.807, 2.05) is 0 Å². The Bertz CT molecular complexity index is 984. The van der Waals surface area contributed by atoms with Crippen LogP contribution in [0.5, 0.6) is 17.4 Å². The lowest BCUT2D eigenvalue weighted by molar-refractivity contribution is -0.385. The molecule has 1 amide bonds. The Morgan fingerprint density at radius 3 is 2.59 bits per heavy atom. The second-order valence-corrected chi connectivity index (χ2v) is 5.04. The maximum Gasteiger partial charge on any atom is 0.418 e. The van der Waals surface area contributed by atoms with Gasteiger partial charge in [0.1, 0.15) is 17.9 Å². The molecule has 0 spiro atoms. The first-order valence-corrected chi connectivity index (χ1v) is 7.49. The van der Waals surface area contributed by atoms with Crippen molar-refractivity contribution in [2.24, 2.45) is 0 Å². The number of rotatable bonds is 5. The Morgan fingerprint density at radius 2 is 1.89 bits per heavy atom. The van der Waals surface area contributed by atoms with Gasteiger partial charge in [0.25, 0.3) is 5.69 Å². The second-order valence-electron chi connectivity index (χ2n) is 5.04. The van der Waals surface area contributed by atoms with Gasteiger partial charge in [0.15, 0.2) is 11.6 Å². The average Bonchev–Trinajstić information content (AvgIpc) is 2.64. The van der Waals surface area contributed by atoms with Crippen LogP contribution >= 0.6 is 0 Å². The lowest BCUT2D eigenvalue weighted by Gasteiger charge is -2.08. The topological polar surface area (TPSA) is 116 Å². The minimum Gasteiger partial charge on any atom is -0.436 e. The molecule has 3 aromatic rings. The van der Waals surface area contributed by atoms with Crippen LogP contribution in [0, 0.1) is 15.9 Å². The molecule has 1 N–H and O–H groups in total. The van der Waals surface area contributed by atoms with Crippen LogP contribution in [0.2, 0.25) is 0 Å². The van der Waals surface area contributed by atoms with Crippen molar-refractivity contribution in [2.45, 2.75) is 0 Å². The number of para-hydroxylation sites is 1. The molecule has 0 unspecified atom stereocenters. The van der Waals surface area contributed by atoms with Gasteiger partial charge in [-0.15, -0.1) is 0 Å². The zero-order valence-electron chi connectivity index (χ0n) is 13.5. The Kier molecular flexibility index (Phi) is 5.17. The Morgan fingerprint density at radius 1 is 1.11 bits per heavy atom. The number of anilines is 1. The molecular weight excluding hydrogens is 359 g/mol. The molecule has 27 heavy (non-hydrogen) atoms. The summed E-state index contributed by atoms with van der Waals surface area (Å²) < 4.78 is 24.2. The quantitative estimate of drug-likeness (QED) is 0.534. The standard InChI is InChI=1S/C17H11FN4O5/c18-13-8-11(22(24)25)6-7-14(13)27-16-9-15(19-10-20-16)21-17(23)26-12-4-2-1-3-5-12/h1-10H,(H,19,20,21,23). The van der Waals surface area contributed by atoms with E-state index in [0.717, 1.165) is 24.5 Å². The number of amides is 1. The minimum atomic E-state index is -0.930. The molecule has 0 saturated carbocycles. The summed E-state index contributed by atoms with van der Waals surface area (Å²) in [4.78, 5) is 29.4. The number of carbonyl (C=O) groups excluding carboxylic acids is 1. The van der Waals surface area contributed by atoms with Crippen LogP contribution in [-0.4, -0.2) is 21.0 Å². The van der Waals surface area contributed by atoms with Crippen molar-refractivity contribution in [3.05, 3.63) is 76.9 Å². The first-order chi connectivity index (χ1) is 13.0. The van der Waals surface area contributed by atoms with E-state index in [4.69, 9.17) is 9.47 Å². The van der Waals surface area contributed by atoms with Crippen molar-refractivity contribution in [3.63, 3.8) is 0 Å². The highest BCUT2D eigenvalue weighted by Crippen LogP contribution is 2.27. The highest BCUT2D eigenvalue weighted by atomic mass is 19.1. The van der Waals surface area contributed by atoms with Gasteiger partial charge in [0.05, 0.1) is 11.0 Å². The van der Waals surface area contributed by atoms with E-state index < -0.39 is 22.5 Å². The van der Waals surface area contributed by atoms with Gasteiger partial charge in [-0.25, -0.2) is 19.2 Å². The monoisotopic (exact) mass is 370 g/mol. The van der Waals surface area contributed by atoms with E-state index >= 15 is 0 Å². The molecule has 2 aromatic carbocycles. The molecular formula is C17H11FN4O5. The molecule has 0 fully saturated rings. The summed E-state index contributed by atoms with van der Waals surface area (Å²) >= 11 is 0. The van der Waals surface area contributed by atoms with E-state index in [1.54, 1.807) is 30.3 Å². The molecule has 10 heteroatoms. The highest BCUT2D eigenvalue weighted by molar-refractivity contribution is 5.85. The Hall–Kier alpha value is -4.08. The summed E-state index contributed by atoms with van der Waals surface area (Å²) in [5.74, 6) is -0.873. The van der Waals surface area contributed by atoms with Crippen molar-refractivity contribution in [3.8, 4) is 17.4 Å². The molecule has 3 rings (SSSR count). The van der Waals surface area contributed by atoms with Crippen molar-refractivity contribution < 1.29 is 23.6 Å². The molecule has 0 aliphatic rings. The molecule has 0 saturated heterocycles. The molecule has 0 aliphatic heterocycles. The van der Waals surface area contributed by atoms with Crippen LogP contribution in [0.25, 0.3) is 0 Å². The summed E-state index contributed by atoms with van der Waals surface area (Å²) in [6.07, 6.45) is 0.309. The first-order valence-electron chi connectivity index (χ1n) is 7.49. The maximum absolute atomic E-state index is 13.9. The summed E-state index contributed by atoms with van der Waals surface area (Å²) in [5, 5.41) is 13.0. The van der Waals surface area contributed by atoms with E-state index in [-0.39, 0.29) is 17.4 Å². The first kappa shape index (κ1) is 17.7. The molecule has 136 valence electrons. The van der Waals surface area contributed by atoms with Crippen LogP contribution in [0.4, 0.5) is 20.7 Å². The lowest BCUT2D eigenvalue weighted by atomic mass is 10.3. The number of aromatic nitrogens is 2. The average molecular weight is 370 g/mol. The van der Waals surface area contributed by atoms with Gasteiger partial charge in [-0.2, -0.15) is 0 Å². The molecule has 1 heterocycles. The number of hydrogen-bond donors (Lipinski definition) is 1. The van der Waals surface area contributed by atoms with E-state index in [0.29, 0.717) is 5.75 Å².